The third kappa shape index (κ3) is 7.31. The number of nitrogens with two attached hydrogens (primary N) is 1. The SMILES string of the molecule is Nc1c(Br)cc(CC(NC(=O)N2CCC(n3c(=O)[nH]c4c5ccccc5ncc43)CC2)C(=O)N2CCN(C3CCNCC3)CC2)cc1C(F)(F)F. The number of anilines is 1. The number of nitrogens with zero attached hydrogens (tertiary/aromatic N) is 5. The molecule has 0 radical (unpaired) electrons. The minimum absolute atomic E-state index is 0.0678. The van der Waals surface area contributed by atoms with Gasteiger partial charge in [0.25, 0.3) is 0 Å². The van der Waals surface area contributed by atoms with E-state index in [0.29, 0.717) is 69.2 Å². The number of halogens is 4. The van der Waals surface area contributed by atoms with Gasteiger partial charge in [-0.05, 0) is 78.5 Å². The van der Waals surface area contributed by atoms with Crippen molar-refractivity contribution in [1.29, 1.82) is 0 Å². The summed E-state index contributed by atoms with van der Waals surface area (Å²) in [5.41, 5.74) is 6.47. The monoisotopic (exact) mass is 771 g/mol. The van der Waals surface area contributed by atoms with E-state index in [2.05, 4.69) is 41.4 Å². The van der Waals surface area contributed by atoms with Crippen LogP contribution in [0.25, 0.3) is 21.9 Å². The van der Waals surface area contributed by atoms with Gasteiger partial charge in [0.2, 0.25) is 5.91 Å². The molecule has 2 aromatic carbocycles. The van der Waals surface area contributed by atoms with Gasteiger partial charge in [0.1, 0.15) is 6.04 Å². The molecule has 51 heavy (non-hydrogen) atoms. The van der Waals surface area contributed by atoms with Crippen molar-refractivity contribution in [2.45, 2.75) is 56.4 Å². The Kier molecular flexibility index (Phi) is 10.0. The average molecular weight is 773 g/mol. The minimum atomic E-state index is -4.70. The Morgan fingerprint density at radius 2 is 1.69 bits per heavy atom. The van der Waals surface area contributed by atoms with Gasteiger partial charge in [0.15, 0.2) is 0 Å². The fraction of sp³-hybridized carbons (Fsp3) is 0.486. The van der Waals surface area contributed by atoms with E-state index in [-0.39, 0.29) is 34.1 Å². The summed E-state index contributed by atoms with van der Waals surface area (Å²) in [6.45, 7) is 4.85. The number of rotatable bonds is 6. The number of nitrogen functional groups attached to an aromatic ring is 1. The fourth-order valence-corrected chi connectivity index (χ4v) is 8.32. The van der Waals surface area contributed by atoms with Crippen LogP contribution >= 0.6 is 15.9 Å². The molecule has 272 valence electrons. The van der Waals surface area contributed by atoms with Crippen molar-refractivity contribution < 1.29 is 22.8 Å². The Labute approximate surface area is 300 Å². The number of carbonyl (C=O) groups is 2. The normalized spacial score (nSPS) is 19.1. The first-order valence-corrected chi connectivity index (χ1v) is 18.2. The second kappa shape index (κ2) is 14.5. The van der Waals surface area contributed by atoms with Crippen LogP contribution in [0.15, 0.2) is 51.9 Å². The number of amides is 3. The number of para-hydroxylation sites is 1. The van der Waals surface area contributed by atoms with E-state index in [1.807, 2.05) is 24.3 Å². The quantitative estimate of drug-likeness (QED) is 0.216. The molecular weight excluding hydrogens is 731 g/mol. The van der Waals surface area contributed by atoms with E-state index >= 15 is 0 Å². The van der Waals surface area contributed by atoms with Gasteiger partial charge in [-0.3, -0.25) is 19.2 Å². The molecule has 1 atom stereocenters. The second-order valence-corrected chi connectivity index (χ2v) is 14.5. The van der Waals surface area contributed by atoms with Crippen LogP contribution < -0.4 is 22.1 Å². The third-order valence-corrected chi connectivity index (χ3v) is 11.2. The van der Waals surface area contributed by atoms with Crippen LogP contribution in [0.4, 0.5) is 23.7 Å². The molecule has 12 nitrogen and oxygen atoms in total. The third-order valence-electron chi connectivity index (χ3n) is 10.6. The number of hydrogen-bond donors (Lipinski definition) is 4. The first-order valence-electron chi connectivity index (χ1n) is 17.4. The summed E-state index contributed by atoms with van der Waals surface area (Å²) < 4.78 is 43.4. The summed E-state index contributed by atoms with van der Waals surface area (Å²) in [4.78, 5) is 54.2. The summed E-state index contributed by atoms with van der Waals surface area (Å²) >= 11 is 3.15. The Morgan fingerprint density at radius 3 is 2.39 bits per heavy atom. The first-order chi connectivity index (χ1) is 24.5. The lowest BCUT2D eigenvalue weighted by Gasteiger charge is -2.42. The molecule has 16 heteroatoms. The number of likely N-dealkylation sites (tertiary alicyclic amines) is 1. The largest absolute Gasteiger partial charge is 0.418 e. The summed E-state index contributed by atoms with van der Waals surface area (Å²) in [6, 6.07) is 8.68. The van der Waals surface area contributed by atoms with Crippen molar-refractivity contribution in [2.24, 2.45) is 0 Å². The van der Waals surface area contributed by atoms with Crippen LogP contribution in [-0.2, 0) is 17.4 Å². The number of hydrogen-bond acceptors (Lipinski definition) is 7. The highest BCUT2D eigenvalue weighted by Crippen LogP contribution is 2.38. The van der Waals surface area contributed by atoms with E-state index in [1.165, 1.54) is 6.07 Å². The van der Waals surface area contributed by atoms with Gasteiger partial charge in [-0.25, -0.2) is 9.59 Å². The highest BCUT2D eigenvalue weighted by Gasteiger charge is 2.37. The van der Waals surface area contributed by atoms with E-state index in [9.17, 15) is 27.6 Å². The zero-order valence-electron chi connectivity index (χ0n) is 28.0. The Hall–Kier alpha value is -4.15. The maximum absolute atomic E-state index is 14.1. The maximum Gasteiger partial charge on any atom is 0.418 e. The molecule has 0 aliphatic carbocycles. The highest BCUT2D eigenvalue weighted by molar-refractivity contribution is 9.10. The number of aromatic amines is 1. The molecular formula is C35H41BrF3N9O3. The van der Waals surface area contributed by atoms with Crippen LogP contribution in [-0.4, -0.2) is 106 Å². The zero-order chi connectivity index (χ0) is 35.9. The summed E-state index contributed by atoms with van der Waals surface area (Å²) in [7, 11) is 0. The Morgan fingerprint density at radius 1 is 0.980 bits per heavy atom. The van der Waals surface area contributed by atoms with Crippen molar-refractivity contribution in [3.05, 3.63) is 68.7 Å². The van der Waals surface area contributed by atoms with Crippen LogP contribution in [0.1, 0.15) is 42.9 Å². The number of piperidine rings is 2. The van der Waals surface area contributed by atoms with Crippen LogP contribution in [0, 0.1) is 0 Å². The van der Waals surface area contributed by atoms with Gasteiger partial charge < -0.3 is 31.2 Å². The molecule has 5 heterocycles. The number of aromatic nitrogens is 3. The summed E-state index contributed by atoms with van der Waals surface area (Å²) in [6.07, 6.45) is -0.0930. The number of fused-ring (bicyclic) bond motifs is 3. The molecule has 5 N–H and O–H groups in total. The lowest BCUT2D eigenvalue weighted by atomic mass is 10.00. The Bertz CT molecular complexity index is 1980. The maximum atomic E-state index is 14.1. The van der Waals surface area contributed by atoms with Gasteiger partial charge in [-0.15, -0.1) is 0 Å². The molecule has 3 aliphatic rings. The van der Waals surface area contributed by atoms with Crippen molar-refractivity contribution in [2.75, 3.05) is 58.1 Å². The van der Waals surface area contributed by atoms with E-state index in [0.717, 1.165) is 42.9 Å². The van der Waals surface area contributed by atoms with Crippen molar-refractivity contribution in [3.8, 4) is 0 Å². The van der Waals surface area contributed by atoms with Crippen LogP contribution in [0.5, 0.6) is 0 Å². The van der Waals surface area contributed by atoms with Crippen molar-refractivity contribution in [3.63, 3.8) is 0 Å². The van der Waals surface area contributed by atoms with Crippen molar-refractivity contribution in [1.82, 2.24) is 39.9 Å². The molecule has 3 saturated heterocycles. The number of piperazine rings is 1. The van der Waals surface area contributed by atoms with Gasteiger partial charge >= 0.3 is 17.9 Å². The smallest absolute Gasteiger partial charge is 0.397 e. The average Bonchev–Trinajstić information content (AvgIpc) is 3.48. The number of H-pyrrole nitrogens is 1. The van der Waals surface area contributed by atoms with Gasteiger partial charge in [-0.1, -0.05) is 18.2 Å². The molecule has 3 fully saturated rings. The molecule has 0 bridgehead atoms. The predicted octanol–water partition coefficient (Wildman–Crippen LogP) is 4.10. The lowest BCUT2D eigenvalue weighted by Crippen LogP contribution is -2.59. The van der Waals surface area contributed by atoms with E-state index in [1.54, 1.807) is 20.6 Å². The number of imidazole rings is 1. The number of nitrogens with one attached hydrogen (secondary N) is 3. The number of pyridine rings is 1. The number of carbonyl (C=O) groups excluding carboxylic acids is 2. The predicted molar refractivity (Wildman–Crippen MR) is 191 cm³/mol. The van der Waals surface area contributed by atoms with Gasteiger partial charge in [-0.2, -0.15) is 13.2 Å². The number of benzene rings is 2. The molecule has 1 unspecified atom stereocenters. The van der Waals surface area contributed by atoms with Crippen LogP contribution in [0.2, 0.25) is 0 Å². The second-order valence-electron chi connectivity index (χ2n) is 13.6. The standard InChI is InChI=1S/C35H41BrF3N9O3/c36-26-18-21(17-25(30(26)40)35(37,38)39)19-28(32(49)46-15-13-45(14-16-46)22-5-9-41-10-6-22)43-33(50)47-11-7-23(8-12-47)48-29-20-42-27-4-2-1-3-24(27)31(29)44-34(48)51/h1-4,17-18,20,22-23,28,41H,5-16,19,40H2,(H,43,50)(H,44,51). The molecule has 7 rings (SSSR count). The van der Waals surface area contributed by atoms with E-state index < -0.39 is 29.5 Å². The van der Waals surface area contributed by atoms with Gasteiger partial charge in [0, 0.05) is 67.6 Å². The first kappa shape index (κ1) is 35.3. The van der Waals surface area contributed by atoms with Gasteiger partial charge in [0.05, 0.1) is 34.0 Å². The number of alkyl halides is 3. The zero-order valence-corrected chi connectivity index (χ0v) is 29.6. The topological polar surface area (TPSA) is 145 Å². The van der Waals surface area contributed by atoms with Crippen molar-refractivity contribution >= 4 is 55.5 Å². The fourth-order valence-electron chi connectivity index (χ4n) is 7.81. The van der Waals surface area contributed by atoms with Crippen LogP contribution in [0.3, 0.4) is 0 Å². The molecule has 0 saturated carbocycles. The molecule has 2 aromatic heterocycles. The highest BCUT2D eigenvalue weighted by atomic mass is 79.9. The van der Waals surface area contributed by atoms with E-state index in [4.69, 9.17) is 5.73 Å². The summed E-state index contributed by atoms with van der Waals surface area (Å²) in [5.74, 6) is -0.338. The molecule has 0 spiro atoms. The summed E-state index contributed by atoms with van der Waals surface area (Å²) in [5, 5.41) is 7.09. The molecule has 4 aromatic rings. The molecule has 3 aliphatic heterocycles. The Balaban J connectivity index is 1.07. The molecule has 3 amide bonds. The lowest BCUT2D eigenvalue weighted by molar-refractivity contribution is -0.137. The number of urea groups is 1. The minimum Gasteiger partial charge on any atom is -0.397 e.